The van der Waals surface area contributed by atoms with E-state index in [1.807, 2.05) is 0 Å². The van der Waals surface area contributed by atoms with Crippen LogP contribution >= 0.6 is 0 Å². The molecule has 3 aromatic heterocycles. The molecule has 196 valence electrons. The van der Waals surface area contributed by atoms with E-state index in [1.165, 1.54) is 23.1 Å². The van der Waals surface area contributed by atoms with Gasteiger partial charge in [-0.25, -0.2) is 23.3 Å². The molecule has 2 N–H and O–H groups in total. The average Bonchev–Trinajstić information content (AvgIpc) is 3.50. The highest BCUT2D eigenvalue weighted by Gasteiger charge is 2.59. The molecule has 1 saturated carbocycles. The maximum atomic E-state index is 14.2. The SMILES string of the molecule is O=C1Nc2[nH]c(-c3cn4ncnc4c(CCCC(F)(F)F)n3)nc(=O)c2C1(c1ccc(F)c(F)c1)C1CC1. The Labute approximate surface area is 210 Å². The number of hydrogen-bond acceptors (Lipinski definition) is 6. The van der Waals surface area contributed by atoms with E-state index in [9.17, 15) is 31.5 Å². The van der Waals surface area contributed by atoms with Crippen LogP contribution in [-0.2, 0) is 16.6 Å². The molecule has 1 unspecified atom stereocenters. The summed E-state index contributed by atoms with van der Waals surface area (Å²) in [5, 5.41) is 6.68. The summed E-state index contributed by atoms with van der Waals surface area (Å²) in [7, 11) is 0. The van der Waals surface area contributed by atoms with Crippen molar-refractivity contribution < 1.29 is 26.7 Å². The smallest absolute Gasteiger partial charge is 0.324 e. The molecule has 4 heterocycles. The Balaban J connectivity index is 1.45. The molecule has 0 bridgehead atoms. The van der Waals surface area contributed by atoms with Gasteiger partial charge >= 0.3 is 6.18 Å². The van der Waals surface area contributed by atoms with Crippen molar-refractivity contribution in [3.05, 3.63) is 69.5 Å². The number of carbonyl (C=O) groups is 1. The standard InChI is InChI=1S/C24H18F5N7O2/c25-13-6-5-12(8-14(13)26)24(11-3-4-11)17-19(35-22(24)38)33-18(34-21(17)37)16-9-36-20(30-10-31-36)15(32-16)2-1-7-23(27,28)29/h5-6,8-11H,1-4,7H2,(H2,33,34,35,37,38). The largest absolute Gasteiger partial charge is 0.389 e. The third kappa shape index (κ3) is 3.82. The molecule has 0 radical (unpaired) electrons. The van der Waals surface area contributed by atoms with E-state index >= 15 is 0 Å². The van der Waals surface area contributed by atoms with Gasteiger partial charge in [0.25, 0.3) is 5.56 Å². The van der Waals surface area contributed by atoms with Crippen LogP contribution in [-0.4, -0.2) is 41.6 Å². The van der Waals surface area contributed by atoms with Crippen LogP contribution < -0.4 is 10.9 Å². The summed E-state index contributed by atoms with van der Waals surface area (Å²) in [4.78, 5) is 42.2. The van der Waals surface area contributed by atoms with Gasteiger partial charge in [0.05, 0.1) is 17.5 Å². The molecule has 9 nitrogen and oxygen atoms in total. The molecular formula is C24H18F5N7O2. The zero-order valence-corrected chi connectivity index (χ0v) is 19.4. The number of nitrogens with one attached hydrogen (secondary N) is 2. The van der Waals surface area contributed by atoms with E-state index in [4.69, 9.17) is 0 Å². The number of benzene rings is 1. The highest BCUT2D eigenvalue weighted by Crippen LogP contribution is 2.55. The van der Waals surface area contributed by atoms with Gasteiger partial charge in [0.15, 0.2) is 23.1 Å². The van der Waals surface area contributed by atoms with Gasteiger partial charge in [0.1, 0.15) is 23.3 Å². The monoisotopic (exact) mass is 531 g/mol. The summed E-state index contributed by atoms with van der Waals surface area (Å²) >= 11 is 0. The lowest BCUT2D eigenvalue weighted by molar-refractivity contribution is -0.135. The summed E-state index contributed by atoms with van der Waals surface area (Å²) < 4.78 is 67.2. The van der Waals surface area contributed by atoms with Crippen LogP contribution in [0.1, 0.15) is 42.5 Å². The van der Waals surface area contributed by atoms with Crippen molar-refractivity contribution in [1.29, 1.82) is 0 Å². The average molecular weight is 531 g/mol. The second-order valence-electron chi connectivity index (χ2n) is 9.38. The van der Waals surface area contributed by atoms with Crippen LogP contribution in [0.5, 0.6) is 0 Å². The predicted molar refractivity (Wildman–Crippen MR) is 122 cm³/mol. The highest BCUT2D eigenvalue weighted by molar-refractivity contribution is 6.08. The number of carbonyl (C=O) groups excluding carboxylic acids is 1. The summed E-state index contributed by atoms with van der Waals surface area (Å²) in [5.41, 5.74) is -1.60. The molecule has 1 aliphatic carbocycles. The minimum absolute atomic E-state index is 0.00741. The van der Waals surface area contributed by atoms with E-state index in [1.54, 1.807) is 0 Å². The minimum atomic E-state index is -4.33. The van der Waals surface area contributed by atoms with Crippen molar-refractivity contribution >= 4 is 17.4 Å². The molecule has 1 atom stereocenters. The Morgan fingerprint density at radius 3 is 2.61 bits per heavy atom. The van der Waals surface area contributed by atoms with E-state index in [2.05, 4.69) is 30.4 Å². The Morgan fingerprint density at radius 1 is 1.11 bits per heavy atom. The lowest BCUT2D eigenvalue weighted by Crippen LogP contribution is -2.41. The lowest BCUT2D eigenvalue weighted by atomic mass is 9.72. The molecule has 38 heavy (non-hydrogen) atoms. The molecular weight excluding hydrogens is 513 g/mol. The summed E-state index contributed by atoms with van der Waals surface area (Å²) in [5.74, 6) is -3.12. The van der Waals surface area contributed by atoms with Crippen LogP contribution in [0.15, 0.2) is 35.5 Å². The quantitative estimate of drug-likeness (QED) is 0.367. The fraction of sp³-hybridized carbons (Fsp3) is 0.333. The number of nitrogens with zero attached hydrogens (tertiary/aromatic N) is 5. The van der Waals surface area contributed by atoms with Crippen molar-refractivity contribution in [2.45, 2.75) is 43.7 Å². The molecule has 4 aromatic rings. The van der Waals surface area contributed by atoms with Crippen molar-refractivity contribution in [2.75, 3.05) is 5.32 Å². The van der Waals surface area contributed by atoms with Crippen LogP contribution in [0.3, 0.4) is 0 Å². The summed E-state index contributed by atoms with van der Waals surface area (Å²) in [6, 6.07) is 3.11. The van der Waals surface area contributed by atoms with Gasteiger partial charge in [-0.1, -0.05) is 6.07 Å². The van der Waals surface area contributed by atoms with Gasteiger partial charge in [0, 0.05) is 6.42 Å². The summed E-state index contributed by atoms with van der Waals surface area (Å²) in [6.45, 7) is 0. The van der Waals surface area contributed by atoms with Crippen molar-refractivity contribution in [2.24, 2.45) is 5.92 Å². The fourth-order valence-corrected chi connectivity index (χ4v) is 5.17. The molecule has 1 fully saturated rings. The third-order valence-electron chi connectivity index (χ3n) is 6.92. The minimum Gasteiger partial charge on any atom is -0.324 e. The Morgan fingerprint density at radius 2 is 1.89 bits per heavy atom. The van der Waals surface area contributed by atoms with E-state index in [0.717, 1.165) is 12.1 Å². The van der Waals surface area contributed by atoms with E-state index < -0.39 is 41.1 Å². The third-order valence-corrected chi connectivity index (χ3v) is 6.92. The fourth-order valence-electron chi connectivity index (χ4n) is 5.17. The first-order chi connectivity index (χ1) is 18.1. The van der Waals surface area contributed by atoms with E-state index in [-0.39, 0.29) is 58.6 Å². The van der Waals surface area contributed by atoms with Gasteiger partial charge in [0.2, 0.25) is 5.91 Å². The molecule has 0 spiro atoms. The molecule has 6 rings (SSSR count). The zero-order chi connectivity index (χ0) is 26.8. The normalized spacial score (nSPS) is 19.1. The van der Waals surface area contributed by atoms with Crippen LogP contribution in [0.2, 0.25) is 0 Å². The van der Waals surface area contributed by atoms with Gasteiger partial charge in [-0.15, -0.1) is 0 Å². The second-order valence-corrected chi connectivity index (χ2v) is 9.38. The Hall–Kier alpha value is -4.23. The molecule has 2 aliphatic rings. The van der Waals surface area contributed by atoms with Gasteiger partial charge < -0.3 is 10.3 Å². The lowest BCUT2D eigenvalue weighted by Gasteiger charge is -2.27. The number of halogens is 5. The highest BCUT2D eigenvalue weighted by atomic mass is 19.4. The van der Waals surface area contributed by atoms with Gasteiger partial charge in [-0.05, 0) is 49.3 Å². The van der Waals surface area contributed by atoms with Crippen LogP contribution in [0.4, 0.5) is 27.8 Å². The molecule has 1 aromatic carbocycles. The number of hydrogen-bond donors (Lipinski definition) is 2. The molecule has 14 heteroatoms. The molecule has 0 saturated heterocycles. The summed E-state index contributed by atoms with van der Waals surface area (Å²) in [6.07, 6.45) is -1.80. The molecule has 1 amide bonds. The van der Waals surface area contributed by atoms with E-state index in [0.29, 0.717) is 12.8 Å². The van der Waals surface area contributed by atoms with Gasteiger partial charge in [-0.3, -0.25) is 9.59 Å². The second kappa shape index (κ2) is 8.39. The van der Waals surface area contributed by atoms with Crippen LogP contribution in [0.25, 0.3) is 17.2 Å². The topological polar surface area (TPSA) is 118 Å². The maximum absolute atomic E-state index is 14.2. The maximum Gasteiger partial charge on any atom is 0.389 e. The first-order valence-electron chi connectivity index (χ1n) is 11.8. The Bertz CT molecular complexity index is 1660. The first-order valence-corrected chi connectivity index (χ1v) is 11.8. The van der Waals surface area contributed by atoms with Crippen molar-refractivity contribution in [3.8, 4) is 11.5 Å². The Kier molecular flexibility index (Phi) is 5.33. The number of rotatable bonds is 6. The number of amides is 1. The van der Waals surface area contributed by atoms with Crippen LogP contribution in [0, 0.1) is 17.6 Å². The number of H-pyrrole nitrogens is 1. The first kappa shape index (κ1) is 24.1. The predicted octanol–water partition coefficient (Wildman–Crippen LogP) is 3.69. The van der Waals surface area contributed by atoms with Crippen molar-refractivity contribution in [1.82, 2.24) is 29.5 Å². The van der Waals surface area contributed by atoms with Gasteiger partial charge in [-0.2, -0.15) is 23.3 Å². The number of aryl methyl sites for hydroxylation is 1. The number of aromatic amines is 1. The van der Waals surface area contributed by atoms with Crippen molar-refractivity contribution in [3.63, 3.8) is 0 Å². The number of anilines is 1. The number of alkyl halides is 3. The number of fused-ring (bicyclic) bond motifs is 2. The zero-order valence-electron chi connectivity index (χ0n) is 19.4. The molecule has 1 aliphatic heterocycles. The number of aromatic nitrogens is 6.